The molecule has 1 aliphatic rings. The monoisotopic (exact) mass is 435 g/mol. The lowest BCUT2D eigenvalue weighted by Crippen LogP contribution is -2.37. The van der Waals surface area contributed by atoms with E-state index in [2.05, 4.69) is 5.32 Å². The molecule has 2 heterocycles. The summed E-state index contributed by atoms with van der Waals surface area (Å²) in [5.41, 5.74) is 0.864. The summed E-state index contributed by atoms with van der Waals surface area (Å²) in [4.78, 5) is 12.9. The molecule has 1 saturated heterocycles. The molecule has 0 bridgehead atoms. The van der Waals surface area contributed by atoms with Crippen molar-refractivity contribution < 1.29 is 23.1 Å². The van der Waals surface area contributed by atoms with Gasteiger partial charge in [-0.1, -0.05) is 18.6 Å². The second-order valence-corrected chi connectivity index (χ2v) is 9.55. The van der Waals surface area contributed by atoms with Crippen LogP contribution in [0.5, 0.6) is 5.75 Å². The van der Waals surface area contributed by atoms with Gasteiger partial charge < -0.3 is 19.7 Å². The average Bonchev–Trinajstić information content (AvgIpc) is 3.16. The summed E-state index contributed by atoms with van der Waals surface area (Å²) in [7, 11) is -0.423. The van der Waals surface area contributed by atoms with E-state index in [1.54, 1.807) is 45.3 Å². The van der Waals surface area contributed by atoms with Crippen LogP contribution in [-0.2, 0) is 17.1 Å². The molecule has 1 aliphatic heterocycles. The number of carbonyl (C=O) groups excluding carboxylic acids is 1. The van der Waals surface area contributed by atoms with E-state index >= 15 is 0 Å². The third-order valence-electron chi connectivity index (χ3n) is 5.45. The van der Waals surface area contributed by atoms with E-state index in [1.807, 2.05) is 0 Å². The molecule has 0 spiro atoms. The number of aromatic nitrogens is 1. The lowest BCUT2D eigenvalue weighted by Gasteiger charge is -2.25. The first-order valence-corrected chi connectivity index (χ1v) is 11.5. The SMILES string of the molecule is COc1ccc(C(O)C(C)NC(=O)c2cc(S(=O)(=O)N3CCCCC3)cn2C)cc1. The molecule has 0 saturated carbocycles. The largest absolute Gasteiger partial charge is 0.497 e. The minimum Gasteiger partial charge on any atom is -0.497 e. The Morgan fingerprint density at radius 1 is 1.17 bits per heavy atom. The van der Waals surface area contributed by atoms with Crippen LogP contribution in [0.25, 0.3) is 0 Å². The molecule has 3 rings (SSSR count). The van der Waals surface area contributed by atoms with Crippen LogP contribution >= 0.6 is 0 Å². The first-order valence-electron chi connectivity index (χ1n) is 10.0. The fourth-order valence-electron chi connectivity index (χ4n) is 3.60. The Kier molecular flexibility index (Phi) is 6.84. The summed E-state index contributed by atoms with van der Waals surface area (Å²) in [6, 6.07) is 7.76. The Bertz CT molecular complexity index is 979. The number of amides is 1. The molecule has 0 aliphatic carbocycles. The maximum Gasteiger partial charge on any atom is 0.268 e. The highest BCUT2D eigenvalue weighted by atomic mass is 32.2. The van der Waals surface area contributed by atoms with Gasteiger partial charge in [0.15, 0.2) is 0 Å². The summed E-state index contributed by atoms with van der Waals surface area (Å²) in [6.45, 7) is 2.70. The van der Waals surface area contributed by atoms with Crippen LogP contribution in [0, 0.1) is 0 Å². The highest BCUT2D eigenvalue weighted by Gasteiger charge is 2.29. The number of ether oxygens (including phenoxy) is 1. The van der Waals surface area contributed by atoms with Crippen molar-refractivity contribution in [1.82, 2.24) is 14.2 Å². The standard InChI is InChI=1S/C21H29N3O5S/c1-15(20(25)16-7-9-17(29-3)10-8-16)22-21(26)19-13-18(14-23(19)2)30(27,28)24-11-5-4-6-12-24/h7-10,13-15,20,25H,4-6,11-12H2,1-3H3,(H,22,26). The molecular formula is C21H29N3O5S. The Balaban J connectivity index is 1.72. The second kappa shape index (κ2) is 9.20. The van der Waals surface area contributed by atoms with Crippen molar-refractivity contribution in [3.05, 3.63) is 47.8 Å². The van der Waals surface area contributed by atoms with Crippen molar-refractivity contribution >= 4 is 15.9 Å². The van der Waals surface area contributed by atoms with Crippen LogP contribution in [0.4, 0.5) is 0 Å². The van der Waals surface area contributed by atoms with Crippen molar-refractivity contribution in [2.24, 2.45) is 7.05 Å². The van der Waals surface area contributed by atoms with E-state index in [4.69, 9.17) is 4.74 Å². The van der Waals surface area contributed by atoms with Crippen molar-refractivity contribution in [2.45, 2.75) is 43.2 Å². The van der Waals surface area contributed by atoms with Crippen molar-refractivity contribution in [2.75, 3.05) is 20.2 Å². The number of nitrogens with one attached hydrogen (secondary N) is 1. The van der Waals surface area contributed by atoms with Crippen molar-refractivity contribution in [3.63, 3.8) is 0 Å². The van der Waals surface area contributed by atoms with Gasteiger partial charge in [-0.3, -0.25) is 4.79 Å². The Morgan fingerprint density at radius 3 is 2.40 bits per heavy atom. The van der Waals surface area contributed by atoms with Gasteiger partial charge in [0.1, 0.15) is 16.3 Å². The molecule has 164 valence electrons. The molecule has 2 unspecified atom stereocenters. The number of benzene rings is 1. The number of rotatable bonds is 7. The summed E-state index contributed by atoms with van der Waals surface area (Å²) in [5, 5.41) is 13.3. The van der Waals surface area contributed by atoms with Gasteiger partial charge >= 0.3 is 0 Å². The minimum atomic E-state index is -3.62. The molecule has 2 aromatic rings. The first-order chi connectivity index (χ1) is 14.2. The predicted octanol–water partition coefficient (Wildman–Crippen LogP) is 2.06. The molecule has 1 amide bonds. The quantitative estimate of drug-likeness (QED) is 0.693. The molecule has 9 heteroatoms. The van der Waals surface area contributed by atoms with Crippen LogP contribution in [0.3, 0.4) is 0 Å². The average molecular weight is 436 g/mol. The van der Waals surface area contributed by atoms with E-state index < -0.39 is 28.1 Å². The number of nitrogens with zero attached hydrogens (tertiary/aromatic N) is 2. The van der Waals surface area contributed by atoms with Gasteiger partial charge in [-0.05, 0) is 43.5 Å². The van der Waals surface area contributed by atoms with E-state index in [9.17, 15) is 18.3 Å². The number of aliphatic hydroxyl groups excluding tert-OH is 1. The topological polar surface area (TPSA) is 101 Å². The Morgan fingerprint density at radius 2 is 1.80 bits per heavy atom. The zero-order chi connectivity index (χ0) is 21.9. The molecule has 30 heavy (non-hydrogen) atoms. The van der Waals surface area contributed by atoms with E-state index in [-0.39, 0.29) is 10.6 Å². The fourth-order valence-corrected chi connectivity index (χ4v) is 5.19. The Labute approximate surface area is 177 Å². The summed E-state index contributed by atoms with van der Waals surface area (Å²) < 4.78 is 33.8. The highest BCUT2D eigenvalue weighted by molar-refractivity contribution is 7.89. The number of aliphatic hydroxyl groups is 1. The molecule has 2 atom stereocenters. The number of aryl methyl sites for hydroxylation is 1. The number of piperidine rings is 1. The maximum atomic E-state index is 12.9. The van der Waals surface area contributed by atoms with Gasteiger partial charge in [-0.2, -0.15) is 4.31 Å². The van der Waals surface area contributed by atoms with E-state index in [1.165, 1.54) is 21.1 Å². The Hall–Kier alpha value is -2.36. The van der Waals surface area contributed by atoms with Gasteiger partial charge in [0, 0.05) is 26.3 Å². The van der Waals surface area contributed by atoms with Crippen LogP contribution in [0.1, 0.15) is 48.3 Å². The molecular weight excluding hydrogens is 406 g/mol. The highest BCUT2D eigenvalue weighted by Crippen LogP contribution is 2.23. The van der Waals surface area contributed by atoms with Crippen LogP contribution < -0.4 is 10.1 Å². The number of hydrogen-bond donors (Lipinski definition) is 2. The zero-order valence-electron chi connectivity index (χ0n) is 17.5. The van der Waals surface area contributed by atoms with Crippen molar-refractivity contribution in [1.29, 1.82) is 0 Å². The van der Waals surface area contributed by atoms with Gasteiger partial charge in [0.05, 0.1) is 19.3 Å². The smallest absolute Gasteiger partial charge is 0.268 e. The predicted molar refractivity (Wildman–Crippen MR) is 113 cm³/mol. The van der Waals surface area contributed by atoms with Crippen molar-refractivity contribution in [3.8, 4) is 5.75 Å². The molecule has 1 aromatic carbocycles. The van der Waals surface area contributed by atoms with Gasteiger partial charge in [-0.25, -0.2) is 8.42 Å². The first kappa shape index (κ1) is 22.3. The minimum absolute atomic E-state index is 0.111. The molecule has 8 nitrogen and oxygen atoms in total. The third kappa shape index (κ3) is 4.69. The second-order valence-electron chi connectivity index (χ2n) is 7.62. The van der Waals surface area contributed by atoms with Gasteiger partial charge in [0.2, 0.25) is 10.0 Å². The zero-order valence-corrected chi connectivity index (χ0v) is 18.4. The molecule has 1 aromatic heterocycles. The van der Waals surface area contributed by atoms with Gasteiger partial charge in [0.25, 0.3) is 5.91 Å². The van der Waals surface area contributed by atoms with Crippen LogP contribution in [0.2, 0.25) is 0 Å². The number of methoxy groups -OCH3 is 1. The lowest BCUT2D eigenvalue weighted by atomic mass is 10.0. The van der Waals surface area contributed by atoms with Gasteiger partial charge in [-0.15, -0.1) is 0 Å². The van der Waals surface area contributed by atoms with Crippen LogP contribution in [-0.4, -0.2) is 54.5 Å². The summed E-state index contributed by atoms with van der Waals surface area (Å²) in [6.07, 6.45) is 3.27. The third-order valence-corrected chi connectivity index (χ3v) is 7.32. The normalized spacial score (nSPS) is 17.3. The number of sulfonamides is 1. The summed E-state index contributed by atoms with van der Waals surface area (Å²) >= 11 is 0. The number of carbonyl (C=O) groups is 1. The molecule has 1 fully saturated rings. The lowest BCUT2D eigenvalue weighted by molar-refractivity contribution is 0.0844. The maximum absolute atomic E-state index is 12.9. The number of hydrogen-bond acceptors (Lipinski definition) is 5. The van der Waals surface area contributed by atoms with E-state index in [0.29, 0.717) is 24.4 Å². The molecule has 2 N–H and O–H groups in total. The van der Waals surface area contributed by atoms with Crippen LogP contribution in [0.15, 0.2) is 41.4 Å². The fraction of sp³-hybridized carbons (Fsp3) is 0.476. The van der Waals surface area contributed by atoms with E-state index in [0.717, 1.165) is 19.3 Å². The summed E-state index contributed by atoms with van der Waals surface area (Å²) in [5.74, 6) is 0.228. The molecule has 0 radical (unpaired) electrons.